The summed E-state index contributed by atoms with van der Waals surface area (Å²) in [7, 11) is -1.80. The van der Waals surface area contributed by atoms with E-state index >= 15 is 0 Å². The van der Waals surface area contributed by atoms with Crippen molar-refractivity contribution in [2.24, 2.45) is 0 Å². The summed E-state index contributed by atoms with van der Waals surface area (Å²) in [6.07, 6.45) is 5.03. The Kier molecular flexibility index (Phi) is 5.13. The van der Waals surface area contributed by atoms with Crippen LogP contribution >= 0.6 is 0 Å². The number of piperidine rings is 2. The summed E-state index contributed by atoms with van der Waals surface area (Å²) < 4.78 is 6.78. The molecule has 2 aliphatic rings. The quantitative estimate of drug-likeness (QED) is 0.686. The second kappa shape index (κ2) is 6.88. The fourth-order valence-corrected chi connectivity index (χ4v) is 5.42. The minimum Gasteiger partial charge on any atom is -0.414 e. The number of carbonyl (C=O) groups excluding carboxylic acids is 1. The highest BCUT2D eigenvalue weighted by Gasteiger charge is 2.45. The number of hydrogen-bond donors (Lipinski definition) is 0. The SMILES string of the molecule is CC(C)(C)[Si](C)(C)O[C@H]1C[C@H]2CCCC(=O)N2[C@H](c2ccccc2)C1. The molecule has 4 heteroatoms. The van der Waals surface area contributed by atoms with Crippen molar-refractivity contribution in [3.05, 3.63) is 35.9 Å². The summed E-state index contributed by atoms with van der Waals surface area (Å²) in [5.74, 6) is 0.330. The van der Waals surface area contributed by atoms with Gasteiger partial charge in [0.1, 0.15) is 0 Å². The molecule has 0 aliphatic carbocycles. The number of amides is 1. The minimum absolute atomic E-state index is 0.169. The van der Waals surface area contributed by atoms with Crippen molar-refractivity contribution in [1.29, 1.82) is 0 Å². The lowest BCUT2D eigenvalue weighted by Crippen LogP contribution is -2.54. The van der Waals surface area contributed by atoms with Gasteiger partial charge in [0.15, 0.2) is 8.32 Å². The minimum atomic E-state index is -1.80. The van der Waals surface area contributed by atoms with Gasteiger partial charge in [0, 0.05) is 18.6 Å². The van der Waals surface area contributed by atoms with Crippen LogP contribution in [0.5, 0.6) is 0 Å². The standard InChI is InChI=1S/C21H33NO2Si/c1-21(2,3)25(4,5)24-18-14-17-12-9-13-20(23)22(17)19(15-18)16-10-7-6-8-11-16/h6-8,10-11,17-19H,9,12-15H2,1-5H3/t17-,18+,19+/m1/s1. The molecule has 1 amide bonds. The van der Waals surface area contributed by atoms with Crippen molar-refractivity contribution in [1.82, 2.24) is 4.90 Å². The molecule has 0 radical (unpaired) electrons. The average molecular weight is 360 g/mol. The largest absolute Gasteiger partial charge is 0.414 e. The summed E-state index contributed by atoms with van der Waals surface area (Å²) in [4.78, 5) is 14.8. The number of fused-ring (bicyclic) bond motifs is 1. The third-order valence-electron chi connectivity index (χ3n) is 6.42. The van der Waals surface area contributed by atoms with Gasteiger partial charge in [0.05, 0.1) is 6.04 Å². The van der Waals surface area contributed by atoms with Crippen LogP contribution in [-0.4, -0.2) is 31.3 Å². The topological polar surface area (TPSA) is 29.5 Å². The van der Waals surface area contributed by atoms with E-state index in [-0.39, 0.29) is 17.2 Å². The highest BCUT2D eigenvalue weighted by atomic mass is 28.4. The molecule has 0 spiro atoms. The van der Waals surface area contributed by atoms with Crippen molar-refractivity contribution in [3.63, 3.8) is 0 Å². The third kappa shape index (κ3) is 3.85. The van der Waals surface area contributed by atoms with Gasteiger partial charge in [-0.25, -0.2) is 0 Å². The molecule has 25 heavy (non-hydrogen) atoms. The van der Waals surface area contributed by atoms with E-state index in [1.165, 1.54) is 5.56 Å². The first kappa shape index (κ1) is 18.7. The molecule has 2 saturated heterocycles. The Hall–Kier alpha value is -1.13. The zero-order chi connectivity index (χ0) is 18.2. The third-order valence-corrected chi connectivity index (χ3v) is 11.0. The number of hydrogen-bond acceptors (Lipinski definition) is 2. The van der Waals surface area contributed by atoms with E-state index in [1.807, 2.05) is 6.07 Å². The molecule has 3 rings (SSSR count). The summed E-state index contributed by atoms with van der Waals surface area (Å²) >= 11 is 0. The number of benzene rings is 1. The first-order chi connectivity index (χ1) is 11.7. The average Bonchev–Trinajstić information content (AvgIpc) is 2.53. The van der Waals surface area contributed by atoms with Crippen molar-refractivity contribution < 1.29 is 9.22 Å². The van der Waals surface area contributed by atoms with Gasteiger partial charge >= 0.3 is 0 Å². The summed E-state index contributed by atoms with van der Waals surface area (Å²) in [5, 5.41) is 0.217. The van der Waals surface area contributed by atoms with Gasteiger partial charge in [0.2, 0.25) is 5.91 Å². The van der Waals surface area contributed by atoms with Crippen molar-refractivity contribution >= 4 is 14.2 Å². The van der Waals surface area contributed by atoms with Gasteiger partial charge in [-0.15, -0.1) is 0 Å². The zero-order valence-electron chi connectivity index (χ0n) is 16.4. The Morgan fingerprint density at radius 1 is 1.12 bits per heavy atom. The van der Waals surface area contributed by atoms with E-state index in [1.54, 1.807) is 0 Å². The lowest BCUT2D eigenvalue weighted by Gasteiger charge is -2.50. The Balaban J connectivity index is 1.86. The smallest absolute Gasteiger partial charge is 0.223 e. The summed E-state index contributed by atoms with van der Waals surface area (Å²) in [5.41, 5.74) is 1.26. The van der Waals surface area contributed by atoms with Crippen LogP contribution in [0.2, 0.25) is 18.1 Å². The molecule has 2 aliphatic heterocycles. The van der Waals surface area contributed by atoms with E-state index < -0.39 is 8.32 Å². The van der Waals surface area contributed by atoms with Crippen LogP contribution in [0.15, 0.2) is 30.3 Å². The Bertz CT molecular complexity index is 608. The molecule has 1 aromatic rings. The second-order valence-electron chi connectivity index (χ2n) is 9.25. The normalized spacial score (nSPS) is 28.0. The molecular weight excluding hydrogens is 326 g/mol. The van der Waals surface area contributed by atoms with Crippen molar-refractivity contribution in [2.45, 2.75) is 89.2 Å². The predicted octanol–water partition coefficient (Wildman–Crippen LogP) is 5.29. The number of carbonyl (C=O) groups is 1. The molecule has 3 nitrogen and oxygen atoms in total. The van der Waals surface area contributed by atoms with Crippen molar-refractivity contribution in [2.75, 3.05) is 0 Å². The molecule has 2 fully saturated rings. The van der Waals surface area contributed by atoms with E-state index in [4.69, 9.17) is 4.43 Å². The van der Waals surface area contributed by atoms with Crippen molar-refractivity contribution in [3.8, 4) is 0 Å². The van der Waals surface area contributed by atoms with E-state index in [2.05, 4.69) is 63.0 Å². The number of nitrogens with zero attached hydrogens (tertiary/aromatic N) is 1. The fraction of sp³-hybridized carbons (Fsp3) is 0.667. The van der Waals surface area contributed by atoms with Crippen LogP contribution < -0.4 is 0 Å². The lowest BCUT2D eigenvalue weighted by atomic mass is 9.84. The molecule has 0 aromatic heterocycles. The van der Waals surface area contributed by atoms with Crippen LogP contribution in [-0.2, 0) is 9.22 Å². The van der Waals surface area contributed by atoms with Crippen LogP contribution in [0, 0.1) is 0 Å². The zero-order valence-corrected chi connectivity index (χ0v) is 17.4. The second-order valence-corrected chi connectivity index (χ2v) is 14.0. The highest BCUT2D eigenvalue weighted by Crippen LogP contribution is 2.44. The van der Waals surface area contributed by atoms with Crippen LogP contribution in [0.1, 0.15) is 64.5 Å². The van der Waals surface area contributed by atoms with Gasteiger partial charge in [-0.3, -0.25) is 4.79 Å². The van der Waals surface area contributed by atoms with Crippen LogP contribution in [0.25, 0.3) is 0 Å². The van der Waals surface area contributed by atoms with Gasteiger partial charge in [0.25, 0.3) is 0 Å². The maximum atomic E-state index is 12.7. The molecule has 1 aromatic carbocycles. The summed E-state index contributed by atoms with van der Waals surface area (Å²) in [6.45, 7) is 11.6. The first-order valence-corrected chi connectivity index (χ1v) is 12.6. The molecule has 138 valence electrons. The number of rotatable bonds is 3. The molecule has 0 saturated carbocycles. The maximum Gasteiger partial charge on any atom is 0.223 e. The molecule has 0 N–H and O–H groups in total. The van der Waals surface area contributed by atoms with E-state index in [0.717, 1.165) is 25.7 Å². The fourth-order valence-electron chi connectivity index (χ4n) is 4.04. The van der Waals surface area contributed by atoms with Crippen LogP contribution in [0.3, 0.4) is 0 Å². The Labute approximate surface area is 153 Å². The Morgan fingerprint density at radius 3 is 2.44 bits per heavy atom. The lowest BCUT2D eigenvalue weighted by molar-refractivity contribution is -0.144. The molecule has 2 heterocycles. The van der Waals surface area contributed by atoms with Crippen LogP contribution in [0.4, 0.5) is 0 Å². The molecular formula is C21H33NO2Si. The maximum absolute atomic E-state index is 12.7. The molecule has 0 unspecified atom stereocenters. The van der Waals surface area contributed by atoms with Gasteiger partial charge in [-0.1, -0.05) is 51.1 Å². The van der Waals surface area contributed by atoms with E-state index in [9.17, 15) is 4.79 Å². The first-order valence-electron chi connectivity index (χ1n) is 9.73. The summed E-state index contributed by atoms with van der Waals surface area (Å²) in [6, 6.07) is 11.0. The molecule has 3 atom stereocenters. The monoisotopic (exact) mass is 359 g/mol. The van der Waals surface area contributed by atoms with Gasteiger partial charge in [-0.05, 0) is 49.4 Å². The van der Waals surface area contributed by atoms with Gasteiger partial charge < -0.3 is 9.33 Å². The molecule has 0 bridgehead atoms. The predicted molar refractivity (Wildman–Crippen MR) is 105 cm³/mol. The van der Waals surface area contributed by atoms with Gasteiger partial charge in [-0.2, -0.15) is 0 Å². The van der Waals surface area contributed by atoms with E-state index in [0.29, 0.717) is 18.4 Å². The Morgan fingerprint density at radius 2 is 1.80 bits per heavy atom. The highest BCUT2D eigenvalue weighted by molar-refractivity contribution is 6.74.